The van der Waals surface area contributed by atoms with Gasteiger partial charge in [-0.05, 0) is 12.1 Å². The molecular formula is C7H5Cl2N2O. The molecular weight excluding hydrogens is 199 g/mol. The average molecular weight is 204 g/mol. The predicted octanol–water partition coefficient (Wildman–Crippen LogP) is 2.65. The number of carbonyl (C=O) groups is 1. The van der Waals surface area contributed by atoms with Crippen molar-refractivity contribution in [1.82, 2.24) is 9.25 Å². The minimum Gasteiger partial charge on any atom is -0.243 e. The molecule has 0 fully saturated rings. The van der Waals surface area contributed by atoms with Gasteiger partial charge < -0.3 is 0 Å². The minimum atomic E-state index is -0.704. The number of hydrogen-bond acceptors (Lipinski definition) is 1. The summed E-state index contributed by atoms with van der Waals surface area (Å²) in [5.41, 5.74) is 0.522. The highest BCUT2D eigenvalue weighted by atomic mass is 35.5. The molecule has 1 radical (unpaired) electrons. The molecule has 0 bridgehead atoms. The van der Waals surface area contributed by atoms with Crippen LogP contribution < -0.4 is 5.32 Å². The maximum Gasteiger partial charge on any atom is 0.373 e. The molecule has 0 saturated carbocycles. The molecule has 12 heavy (non-hydrogen) atoms. The van der Waals surface area contributed by atoms with Crippen LogP contribution in [0.25, 0.3) is 0 Å². The molecule has 0 unspecified atom stereocenters. The second-order valence-corrected chi connectivity index (χ2v) is 2.81. The lowest BCUT2D eigenvalue weighted by Crippen LogP contribution is -2.17. The highest BCUT2D eigenvalue weighted by Gasteiger charge is 2.09. The van der Waals surface area contributed by atoms with Crippen LogP contribution in [0, 0.1) is 0 Å². The van der Waals surface area contributed by atoms with Gasteiger partial charge in [-0.15, -0.1) is 3.94 Å². The Morgan fingerprint density at radius 2 is 1.83 bits per heavy atom. The van der Waals surface area contributed by atoms with Crippen LogP contribution in [0.2, 0.25) is 0 Å². The van der Waals surface area contributed by atoms with Crippen LogP contribution >= 0.6 is 23.6 Å². The Morgan fingerprint density at radius 1 is 1.25 bits per heavy atom. The zero-order chi connectivity index (χ0) is 8.97. The van der Waals surface area contributed by atoms with E-state index >= 15 is 0 Å². The van der Waals surface area contributed by atoms with Crippen molar-refractivity contribution in [2.24, 2.45) is 0 Å². The van der Waals surface area contributed by atoms with Crippen LogP contribution in [0.3, 0.4) is 0 Å². The summed E-state index contributed by atoms with van der Waals surface area (Å²) in [4.78, 5) is 10.8. The van der Waals surface area contributed by atoms with Crippen molar-refractivity contribution in [3.05, 3.63) is 30.3 Å². The Morgan fingerprint density at radius 3 is 2.33 bits per heavy atom. The molecule has 1 rings (SSSR count). The standard InChI is InChI=1S/C7H5Cl2N2O/c8-11(9)7(12)10-6-4-2-1-3-5-6/h1-5H. The Hall–Kier alpha value is -0.930. The van der Waals surface area contributed by atoms with E-state index in [0.717, 1.165) is 0 Å². The van der Waals surface area contributed by atoms with Crippen molar-refractivity contribution in [2.75, 3.05) is 0 Å². The van der Waals surface area contributed by atoms with Crippen LogP contribution in [0.5, 0.6) is 0 Å². The summed E-state index contributed by atoms with van der Waals surface area (Å²) in [6.45, 7) is 0. The summed E-state index contributed by atoms with van der Waals surface area (Å²) >= 11 is 10.3. The fraction of sp³-hybridized carbons (Fsp3) is 0. The molecule has 3 nitrogen and oxygen atoms in total. The van der Waals surface area contributed by atoms with Gasteiger partial charge in [-0.3, -0.25) is 0 Å². The lowest BCUT2D eigenvalue weighted by atomic mass is 10.3. The van der Waals surface area contributed by atoms with Crippen molar-refractivity contribution in [2.45, 2.75) is 0 Å². The first-order valence-corrected chi connectivity index (χ1v) is 3.80. The SMILES string of the molecule is O=C([N]c1ccccc1)N(Cl)Cl. The second kappa shape index (κ2) is 4.18. The summed E-state index contributed by atoms with van der Waals surface area (Å²) in [6.07, 6.45) is 0. The van der Waals surface area contributed by atoms with Gasteiger partial charge in [-0.1, -0.05) is 18.2 Å². The molecule has 0 saturated heterocycles. The number of para-hydroxylation sites is 1. The van der Waals surface area contributed by atoms with Crippen molar-refractivity contribution < 1.29 is 4.79 Å². The van der Waals surface area contributed by atoms with E-state index in [1.165, 1.54) is 0 Å². The molecule has 1 aromatic rings. The molecule has 0 aliphatic rings. The monoisotopic (exact) mass is 203 g/mol. The Bertz CT molecular complexity index is 263. The van der Waals surface area contributed by atoms with Crippen LogP contribution in [0.1, 0.15) is 0 Å². The Kier molecular flexibility index (Phi) is 3.19. The van der Waals surface area contributed by atoms with Crippen molar-refractivity contribution in [1.29, 1.82) is 0 Å². The summed E-state index contributed by atoms with van der Waals surface area (Å²) in [5, 5.41) is 3.58. The van der Waals surface area contributed by atoms with Crippen molar-refractivity contribution in [3.63, 3.8) is 0 Å². The first-order valence-electron chi connectivity index (χ1n) is 3.12. The van der Waals surface area contributed by atoms with E-state index in [2.05, 4.69) is 5.32 Å². The molecule has 0 aliphatic heterocycles. The topological polar surface area (TPSA) is 34.4 Å². The largest absolute Gasteiger partial charge is 0.373 e. The molecule has 5 heteroatoms. The molecule has 0 aromatic heterocycles. The lowest BCUT2D eigenvalue weighted by Gasteiger charge is -2.02. The lowest BCUT2D eigenvalue weighted by molar-refractivity contribution is 0.240. The molecule has 2 amide bonds. The van der Waals surface area contributed by atoms with Crippen LogP contribution in [0.15, 0.2) is 30.3 Å². The van der Waals surface area contributed by atoms with Gasteiger partial charge in [0.1, 0.15) is 0 Å². The third-order valence-corrected chi connectivity index (χ3v) is 1.41. The van der Waals surface area contributed by atoms with E-state index in [-0.39, 0.29) is 0 Å². The third-order valence-electron chi connectivity index (χ3n) is 1.13. The quantitative estimate of drug-likeness (QED) is 0.647. The number of hydrogen-bond donors (Lipinski definition) is 0. The maximum atomic E-state index is 10.8. The van der Waals surface area contributed by atoms with Crippen LogP contribution in [0.4, 0.5) is 10.5 Å². The second-order valence-electron chi connectivity index (χ2n) is 1.96. The predicted molar refractivity (Wildman–Crippen MR) is 47.2 cm³/mol. The van der Waals surface area contributed by atoms with Gasteiger partial charge >= 0.3 is 6.03 Å². The van der Waals surface area contributed by atoms with E-state index in [1.807, 2.05) is 6.07 Å². The van der Waals surface area contributed by atoms with Gasteiger partial charge in [0.15, 0.2) is 0 Å². The van der Waals surface area contributed by atoms with Crippen molar-refractivity contribution in [3.8, 4) is 0 Å². The summed E-state index contributed by atoms with van der Waals surface area (Å²) in [5.74, 6) is 0. The van der Waals surface area contributed by atoms with Crippen molar-refractivity contribution >= 4 is 35.3 Å². The third kappa shape index (κ3) is 2.60. The zero-order valence-electron chi connectivity index (χ0n) is 5.95. The first kappa shape index (κ1) is 9.16. The van der Waals surface area contributed by atoms with E-state index in [4.69, 9.17) is 23.6 Å². The Balaban J connectivity index is 2.59. The molecule has 63 valence electrons. The summed E-state index contributed by atoms with van der Waals surface area (Å²) in [7, 11) is 0. The molecule has 0 heterocycles. The molecule has 1 aromatic carbocycles. The molecule has 0 N–H and O–H groups in total. The molecule has 0 spiro atoms. The highest BCUT2D eigenvalue weighted by Crippen LogP contribution is 2.08. The first-order chi connectivity index (χ1) is 5.70. The van der Waals surface area contributed by atoms with Gasteiger partial charge in [0.25, 0.3) is 0 Å². The van der Waals surface area contributed by atoms with Gasteiger partial charge in [0.2, 0.25) is 0 Å². The van der Waals surface area contributed by atoms with Gasteiger partial charge in [0.05, 0.1) is 5.69 Å². The van der Waals surface area contributed by atoms with Crippen LogP contribution in [-0.2, 0) is 0 Å². The maximum absolute atomic E-state index is 10.8. The fourth-order valence-corrected chi connectivity index (χ4v) is 0.726. The number of urea groups is 1. The average Bonchev–Trinajstić information content (AvgIpc) is 2.06. The Labute approximate surface area is 80.1 Å². The number of benzene rings is 1. The van der Waals surface area contributed by atoms with Gasteiger partial charge in [0, 0.05) is 23.6 Å². The van der Waals surface area contributed by atoms with Gasteiger partial charge in [-0.25, -0.2) is 4.79 Å². The molecule has 0 aliphatic carbocycles. The minimum absolute atomic E-state index is 0.382. The fourth-order valence-electron chi connectivity index (χ4n) is 0.651. The van der Waals surface area contributed by atoms with E-state index < -0.39 is 6.03 Å². The zero-order valence-corrected chi connectivity index (χ0v) is 7.46. The van der Waals surface area contributed by atoms with Gasteiger partial charge in [-0.2, -0.15) is 5.32 Å². The van der Waals surface area contributed by atoms with E-state index in [1.54, 1.807) is 24.3 Å². The smallest absolute Gasteiger partial charge is 0.243 e. The van der Waals surface area contributed by atoms with E-state index in [0.29, 0.717) is 9.63 Å². The molecule has 0 atom stereocenters. The summed E-state index contributed by atoms with van der Waals surface area (Å²) in [6, 6.07) is 8.00. The number of nitrogens with zero attached hydrogens (tertiary/aromatic N) is 2. The van der Waals surface area contributed by atoms with E-state index in [9.17, 15) is 4.79 Å². The highest BCUT2D eigenvalue weighted by molar-refractivity contribution is 6.41. The van der Waals surface area contributed by atoms with Crippen LogP contribution in [-0.4, -0.2) is 9.97 Å². The number of halogens is 2. The number of amides is 2. The number of rotatable bonds is 1. The normalized spacial score (nSPS) is 9.17. The number of carbonyl (C=O) groups excluding carboxylic acids is 1. The summed E-state index contributed by atoms with van der Waals surface area (Å²) < 4.78 is 0.382.